The molecule has 0 atom stereocenters. The molecule has 1 aromatic rings. The molecule has 9 heavy (non-hydrogen) atoms. The minimum atomic E-state index is 0.601. The summed E-state index contributed by atoms with van der Waals surface area (Å²) in [6.45, 7) is 1.77. The molecule has 0 unspecified atom stereocenters. The molecule has 1 heteroatoms. The minimum absolute atomic E-state index is 0.601. The second-order valence-corrected chi connectivity index (χ2v) is 1.91. The van der Waals surface area contributed by atoms with Crippen molar-refractivity contribution in [1.82, 2.24) is 0 Å². The molecule has 0 spiro atoms. The zero-order chi connectivity index (χ0) is 6.69. The number of benzene rings is 1. The Kier molecular flexibility index (Phi) is 1.63. The maximum absolute atomic E-state index is 7.22. The van der Waals surface area contributed by atoms with Gasteiger partial charge in [-0.25, -0.2) is 0 Å². The highest BCUT2D eigenvalue weighted by Crippen LogP contribution is 1.96. The first-order chi connectivity index (χ1) is 4.30. The lowest BCUT2D eigenvalue weighted by atomic mass is 10.1. The van der Waals surface area contributed by atoms with E-state index >= 15 is 0 Å². The number of hydrogen-bond donors (Lipinski definition) is 1. The highest BCUT2D eigenvalue weighted by Gasteiger charge is 1.88. The molecular formula is C8H8N. The lowest BCUT2D eigenvalue weighted by Gasteiger charge is -1.92. The van der Waals surface area contributed by atoms with E-state index in [9.17, 15) is 0 Å². The molecule has 1 nitrogen and oxygen atoms in total. The minimum Gasteiger partial charge on any atom is -0.305 e. The van der Waals surface area contributed by atoms with Crippen LogP contribution in [0.3, 0.4) is 0 Å². The lowest BCUT2D eigenvalue weighted by molar-refractivity contribution is 1.45. The monoisotopic (exact) mass is 118 g/mol. The van der Waals surface area contributed by atoms with E-state index in [0.29, 0.717) is 5.71 Å². The third-order valence-corrected chi connectivity index (χ3v) is 1.15. The van der Waals surface area contributed by atoms with E-state index in [2.05, 4.69) is 6.07 Å². The van der Waals surface area contributed by atoms with E-state index in [4.69, 9.17) is 5.41 Å². The normalized spacial score (nSPS) is 9.00. The molecule has 0 aromatic heterocycles. The number of nitrogens with one attached hydrogen (secondary N) is 1. The van der Waals surface area contributed by atoms with Crippen molar-refractivity contribution >= 4 is 5.71 Å². The summed E-state index contributed by atoms with van der Waals surface area (Å²) in [6, 6.07) is 10.3. The fraction of sp³-hybridized carbons (Fsp3) is 0.125. The Hall–Kier alpha value is -1.11. The molecule has 45 valence electrons. The third kappa shape index (κ3) is 1.39. The van der Waals surface area contributed by atoms with Gasteiger partial charge in [0, 0.05) is 5.71 Å². The Balaban J connectivity index is 2.98. The number of hydrogen-bond acceptors (Lipinski definition) is 1. The first kappa shape index (κ1) is 6.02. The predicted octanol–water partition coefficient (Wildman–Crippen LogP) is 1.87. The third-order valence-electron chi connectivity index (χ3n) is 1.15. The summed E-state index contributed by atoms with van der Waals surface area (Å²) in [7, 11) is 0. The topological polar surface area (TPSA) is 23.9 Å². The Morgan fingerprint density at radius 1 is 1.44 bits per heavy atom. The maximum atomic E-state index is 7.22. The molecule has 0 aliphatic carbocycles. The van der Waals surface area contributed by atoms with Crippen molar-refractivity contribution in [2.75, 3.05) is 0 Å². The molecule has 0 saturated heterocycles. The second kappa shape index (κ2) is 2.44. The van der Waals surface area contributed by atoms with Crippen LogP contribution in [0.2, 0.25) is 0 Å². The smallest absolute Gasteiger partial charge is 0.0355 e. The molecule has 0 aliphatic rings. The fourth-order valence-corrected chi connectivity index (χ4v) is 0.637. The average molecular weight is 118 g/mol. The van der Waals surface area contributed by atoms with Gasteiger partial charge in [0.15, 0.2) is 0 Å². The highest BCUT2D eigenvalue weighted by atomic mass is 14.4. The van der Waals surface area contributed by atoms with E-state index in [0.717, 1.165) is 5.56 Å². The Morgan fingerprint density at radius 2 is 2.00 bits per heavy atom. The molecule has 0 aliphatic heterocycles. The molecule has 0 heterocycles. The van der Waals surface area contributed by atoms with Crippen LogP contribution in [0, 0.1) is 11.5 Å². The quantitative estimate of drug-likeness (QED) is 0.544. The van der Waals surface area contributed by atoms with E-state index in [1.807, 2.05) is 24.3 Å². The largest absolute Gasteiger partial charge is 0.305 e. The van der Waals surface area contributed by atoms with Crippen LogP contribution in [0.5, 0.6) is 0 Å². The van der Waals surface area contributed by atoms with Gasteiger partial charge < -0.3 is 5.41 Å². The van der Waals surface area contributed by atoms with Gasteiger partial charge in [0.05, 0.1) is 0 Å². The van der Waals surface area contributed by atoms with Crippen molar-refractivity contribution < 1.29 is 0 Å². The summed E-state index contributed by atoms with van der Waals surface area (Å²) in [5.41, 5.74) is 1.57. The summed E-state index contributed by atoms with van der Waals surface area (Å²) in [6.07, 6.45) is 0. The zero-order valence-corrected chi connectivity index (χ0v) is 5.31. The van der Waals surface area contributed by atoms with Crippen molar-refractivity contribution in [3.8, 4) is 0 Å². The van der Waals surface area contributed by atoms with Crippen LogP contribution >= 0.6 is 0 Å². The van der Waals surface area contributed by atoms with Crippen molar-refractivity contribution in [1.29, 1.82) is 5.41 Å². The molecule has 0 bridgehead atoms. The van der Waals surface area contributed by atoms with Crippen LogP contribution in [-0.4, -0.2) is 5.71 Å². The van der Waals surface area contributed by atoms with Gasteiger partial charge in [-0.15, -0.1) is 0 Å². The standard InChI is InChI=1S/C8H8N/c1-7(9)8-5-3-2-4-6-8/h3-6,9H,1H3. The second-order valence-electron chi connectivity index (χ2n) is 1.91. The molecular weight excluding hydrogens is 110 g/mol. The summed E-state index contributed by atoms with van der Waals surface area (Å²) in [5.74, 6) is 0. The van der Waals surface area contributed by atoms with Crippen LogP contribution < -0.4 is 0 Å². The fourth-order valence-electron chi connectivity index (χ4n) is 0.637. The van der Waals surface area contributed by atoms with Gasteiger partial charge in [-0.2, -0.15) is 0 Å². The summed E-state index contributed by atoms with van der Waals surface area (Å²) in [5, 5.41) is 7.22. The van der Waals surface area contributed by atoms with E-state index < -0.39 is 0 Å². The number of rotatable bonds is 1. The molecule has 0 amide bonds. The van der Waals surface area contributed by atoms with Crippen molar-refractivity contribution in [3.63, 3.8) is 0 Å². The SMILES string of the molecule is CC(=N)c1cc[c]cc1. The highest BCUT2D eigenvalue weighted by molar-refractivity contribution is 5.96. The van der Waals surface area contributed by atoms with E-state index in [-0.39, 0.29) is 0 Å². The van der Waals surface area contributed by atoms with Crippen LogP contribution in [0.1, 0.15) is 12.5 Å². The van der Waals surface area contributed by atoms with Gasteiger partial charge >= 0.3 is 0 Å². The van der Waals surface area contributed by atoms with Crippen molar-refractivity contribution in [3.05, 3.63) is 35.9 Å². The average Bonchev–Trinajstić information content (AvgIpc) is 1.90. The predicted molar refractivity (Wildman–Crippen MR) is 37.8 cm³/mol. The molecule has 1 rings (SSSR count). The van der Waals surface area contributed by atoms with Crippen LogP contribution in [-0.2, 0) is 0 Å². The Labute approximate surface area is 54.8 Å². The molecule has 0 saturated carbocycles. The van der Waals surface area contributed by atoms with Crippen molar-refractivity contribution in [2.45, 2.75) is 6.92 Å². The van der Waals surface area contributed by atoms with E-state index in [1.54, 1.807) is 6.92 Å². The lowest BCUT2D eigenvalue weighted by Crippen LogP contribution is -1.88. The Bertz CT molecular complexity index is 201. The van der Waals surface area contributed by atoms with E-state index in [1.165, 1.54) is 0 Å². The molecule has 0 fully saturated rings. The van der Waals surface area contributed by atoms with Gasteiger partial charge in [-0.3, -0.25) is 0 Å². The summed E-state index contributed by atoms with van der Waals surface area (Å²) < 4.78 is 0. The summed E-state index contributed by atoms with van der Waals surface area (Å²) >= 11 is 0. The van der Waals surface area contributed by atoms with Crippen LogP contribution in [0.25, 0.3) is 0 Å². The van der Waals surface area contributed by atoms with Crippen LogP contribution in [0.4, 0.5) is 0 Å². The molecule has 1 aromatic carbocycles. The van der Waals surface area contributed by atoms with Crippen LogP contribution in [0.15, 0.2) is 24.3 Å². The van der Waals surface area contributed by atoms with Gasteiger partial charge in [0.1, 0.15) is 0 Å². The maximum Gasteiger partial charge on any atom is 0.0355 e. The zero-order valence-electron chi connectivity index (χ0n) is 5.31. The van der Waals surface area contributed by atoms with Gasteiger partial charge in [0.2, 0.25) is 0 Å². The molecule has 1 N–H and O–H groups in total. The first-order valence-corrected chi connectivity index (χ1v) is 2.82. The first-order valence-electron chi connectivity index (χ1n) is 2.82. The van der Waals surface area contributed by atoms with Gasteiger partial charge in [-0.1, -0.05) is 24.3 Å². The summed E-state index contributed by atoms with van der Waals surface area (Å²) in [4.78, 5) is 0. The van der Waals surface area contributed by atoms with Gasteiger partial charge in [0.25, 0.3) is 0 Å². The van der Waals surface area contributed by atoms with Gasteiger partial charge in [-0.05, 0) is 18.6 Å². The van der Waals surface area contributed by atoms with Crippen molar-refractivity contribution in [2.24, 2.45) is 0 Å². The molecule has 1 radical (unpaired) electrons. The Morgan fingerprint density at radius 3 is 2.33 bits per heavy atom.